The normalized spacial score (nSPS) is 20.7. The van der Waals surface area contributed by atoms with E-state index in [4.69, 9.17) is 4.74 Å². The number of hydrogen-bond donors (Lipinski definition) is 0. The van der Waals surface area contributed by atoms with Crippen LogP contribution in [-0.4, -0.2) is 56.3 Å². The maximum Gasteiger partial charge on any atom is 0.142 e. The number of anilines is 3. The first-order valence-electron chi connectivity index (χ1n) is 9.94. The van der Waals surface area contributed by atoms with Crippen LogP contribution in [0.3, 0.4) is 0 Å². The van der Waals surface area contributed by atoms with E-state index in [1.165, 1.54) is 18.5 Å². The first kappa shape index (κ1) is 17.9. The van der Waals surface area contributed by atoms with E-state index in [-0.39, 0.29) is 0 Å². The smallest absolute Gasteiger partial charge is 0.142 e. The molecular weight excluding hydrogens is 338 g/mol. The Morgan fingerprint density at radius 3 is 2.37 bits per heavy atom. The maximum absolute atomic E-state index is 5.52. The lowest BCUT2D eigenvalue weighted by Crippen LogP contribution is -2.47. The van der Waals surface area contributed by atoms with E-state index in [1.54, 1.807) is 13.4 Å². The third-order valence-electron chi connectivity index (χ3n) is 5.65. The minimum absolute atomic E-state index is 0.738. The average Bonchev–Trinajstić information content (AvgIpc) is 2.74. The predicted octanol–water partition coefficient (Wildman–Crippen LogP) is 3.05. The molecule has 0 bridgehead atoms. The van der Waals surface area contributed by atoms with Crippen molar-refractivity contribution in [2.45, 2.75) is 19.8 Å². The molecule has 2 aromatic rings. The molecule has 0 saturated carbocycles. The lowest BCUT2D eigenvalue weighted by molar-refractivity contribution is 0.413. The Hall–Kier alpha value is -2.50. The zero-order chi connectivity index (χ0) is 18.6. The molecule has 6 nitrogen and oxygen atoms in total. The zero-order valence-corrected chi connectivity index (χ0v) is 16.3. The lowest BCUT2D eigenvalue weighted by atomic mass is 10.0. The molecule has 1 aromatic carbocycles. The van der Waals surface area contributed by atoms with Crippen LogP contribution in [0, 0.1) is 5.92 Å². The molecule has 6 heteroatoms. The summed E-state index contributed by atoms with van der Waals surface area (Å²) in [5.74, 6) is 3.78. The van der Waals surface area contributed by atoms with Crippen molar-refractivity contribution >= 4 is 17.3 Å². The number of nitrogens with zero attached hydrogens (tertiary/aromatic N) is 5. The summed E-state index contributed by atoms with van der Waals surface area (Å²) in [5.41, 5.74) is 1.17. The molecule has 2 fully saturated rings. The monoisotopic (exact) mass is 367 g/mol. The Balaban J connectivity index is 1.43. The number of hydrogen-bond acceptors (Lipinski definition) is 6. The zero-order valence-electron chi connectivity index (χ0n) is 16.3. The van der Waals surface area contributed by atoms with Gasteiger partial charge < -0.3 is 19.4 Å². The van der Waals surface area contributed by atoms with E-state index < -0.39 is 0 Å². The van der Waals surface area contributed by atoms with E-state index in [0.29, 0.717) is 0 Å². The number of piperazine rings is 1. The van der Waals surface area contributed by atoms with Gasteiger partial charge in [0.15, 0.2) is 0 Å². The SMILES string of the molecule is COc1ccccc1N1CCN(c2cc(N3CCCC(C)C3)ncn2)CC1. The highest BCUT2D eigenvalue weighted by Crippen LogP contribution is 2.29. The molecular formula is C21H29N5O. The molecule has 144 valence electrons. The third kappa shape index (κ3) is 3.94. The van der Waals surface area contributed by atoms with Crippen molar-refractivity contribution in [1.29, 1.82) is 0 Å². The van der Waals surface area contributed by atoms with Crippen LogP contribution in [0.15, 0.2) is 36.7 Å². The molecule has 1 aromatic heterocycles. The quantitative estimate of drug-likeness (QED) is 0.828. The molecule has 27 heavy (non-hydrogen) atoms. The average molecular weight is 367 g/mol. The Morgan fingerprint density at radius 2 is 1.63 bits per heavy atom. The van der Waals surface area contributed by atoms with Gasteiger partial charge in [0.05, 0.1) is 12.8 Å². The maximum atomic E-state index is 5.52. The summed E-state index contributed by atoms with van der Waals surface area (Å²) in [6, 6.07) is 10.4. The third-order valence-corrected chi connectivity index (χ3v) is 5.65. The molecule has 0 amide bonds. The van der Waals surface area contributed by atoms with Crippen molar-refractivity contribution in [3.63, 3.8) is 0 Å². The Morgan fingerprint density at radius 1 is 0.926 bits per heavy atom. The molecule has 2 aliphatic rings. The largest absolute Gasteiger partial charge is 0.495 e. The van der Waals surface area contributed by atoms with E-state index in [9.17, 15) is 0 Å². The van der Waals surface area contributed by atoms with Gasteiger partial charge in [0.2, 0.25) is 0 Å². The summed E-state index contributed by atoms with van der Waals surface area (Å²) < 4.78 is 5.52. The Bertz CT molecular complexity index is 760. The number of piperidine rings is 1. The van der Waals surface area contributed by atoms with Crippen LogP contribution in [-0.2, 0) is 0 Å². The molecule has 1 unspecified atom stereocenters. The minimum Gasteiger partial charge on any atom is -0.495 e. The topological polar surface area (TPSA) is 44.7 Å². The van der Waals surface area contributed by atoms with Crippen molar-refractivity contribution < 1.29 is 4.74 Å². The second kappa shape index (κ2) is 8.03. The van der Waals surface area contributed by atoms with Gasteiger partial charge in [-0.3, -0.25) is 0 Å². The highest BCUT2D eigenvalue weighted by atomic mass is 16.5. The number of ether oxygens (including phenoxy) is 1. The van der Waals surface area contributed by atoms with E-state index in [1.807, 2.05) is 12.1 Å². The van der Waals surface area contributed by atoms with Gasteiger partial charge in [-0.15, -0.1) is 0 Å². The molecule has 1 atom stereocenters. The lowest BCUT2D eigenvalue weighted by Gasteiger charge is -2.37. The first-order valence-corrected chi connectivity index (χ1v) is 9.94. The molecule has 4 rings (SSSR count). The second-order valence-corrected chi connectivity index (χ2v) is 7.57. The Kier molecular flexibility index (Phi) is 5.32. The van der Waals surface area contributed by atoms with Gasteiger partial charge in [-0.05, 0) is 30.9 Å². The summed E-state index contributed by atoms with van der Waals surface area (Å²) in [5, 5.41) is 0. The minimum atomic E-state index is 0.738. The van der Waals surface area contributed by atoms with Gasteiger partial charge in [-0.1, -0.05) is 19.1 Å². The van der Waals surface area contributed by atoms with Crippen LogP contribution in [0.4, 0.5) is 17.3 Å². The fourth-order valence-corrected chi connectivity index (χ4v) is 4.15. The first-order chi connectivity index (χ1) is 13.2. The van der Waals surface area contributed by atoms with Crippen molar-refractivity contribution in [2.75, 3.05) is 61.1 Å². The van der Waals surface area contributed by atoms with Gasteiger partial charge >= 0.3 is 0 Å². The fraction of sp³-hybridized carbons (Fsp3) is 0.524. The summed E-state index contributed by atoms with van der Waals surface area (Å²) in [6.07, 6.45) is 4.29. The standard InChI is InChI=1S/C21H29N5O/c1-17-6-5-9-26(15-17)21-14-20(22-16-23-21)25-12-10-24(11-13-25)18-7-3-4-8-19(18)27-2/h3-4,7-8,14,16-17H,5-6,9-13,15H2,1-2H3. The highest BCUT2D eigenvalue weighted by molar-refractivity contribution is 5.60. The number of benzene rings is 1. The predicted molar refractivity (Wildman–Crippen MR) is 110 cm³/mol. The summed E-state index contributed by atoms with van der Waals surface area (Å²) in [7, 11) is 1.74. The molecule has 3 heterocycles. The summed E-state index contributed by atoms with van der Waals surface area (Å²) in [4.78, 5) is 16.3. The van der Waals surface area contributed by atoms with Gasteiger partial charge in [0, 0.05) is 45.3 Å². The fourth-order valence-electron chi connectivity index (χ4n) is 4.15. The molecule has 2 aliphatic heterocycles. The van der Waals surface area contributed by atoms with E-state index in [0.717, 1.165) is 62.6 Å². The van der Waals surface area contributed by atoms with Gasteiger partial charge in [-0.2, -0.15) is 0 Å². The van der Waals surface area contributed by atoms with E-state index >= 15 is 0 Å². The number of rotatable bonds is 4. The van der Waals surface area contributed by atoms with Crippen LogP contribution in [0.2, 0.25) is 0 Å². The number of methoxy groups -OCH3 is 1. The summed E-state index contributed by atoms with van der Waals surface area (Å²) in [6.45, 7) is 8.34. The van der Waals surface area contributed by atoms with Crippen LogP contribution >= 0.6 is 0 Å². The van der Waals surface area contributed by atoms with Gasteiger partial charge in [0.1, 0.15) is 23.7 Å². The van der Waals surface area contributed by atoms with Crippen molar-refractivity contribution in [3.05, 3.63) is 36.7 Å². The number of aromatic nitrogens is 2. The van der Waals surface area contributed by atoms with Crippen LogP contribution < -0.4 is 19.4 Å². The van der Waals surface area contributed by atoms with Crippen molar-refractivity contribution in [1.82, 2.24) is 9.97 Å². The Labute approximate surface area is 161 Å². The van der Waals surface area contributed by atoms with Gasteiger partial charge in [0.25, 0.3) is 0 Å². The molecule has 0 spiro atoms. The summed E-state index contributed by atoms with van der Waals surface area (Å²) >= 11 is 0. The van der Waals surface area contributed by atoms with Crippen molar-refractivity contribution in [2.24, 2.45) is 5.92 Å². The molecule has 0 aliphatic carbocycles. The van der Waals surface area contributed by atoms with Crippen LogP contribution in [0.1, 0.15) is 19.8 Å². The number of para-hydroxylation sites is 2. The van der Waals surface area contributed by atoms with Crippen LogP contribution in [0.5, 0.6) is 5.75 Å². The second-order valence-electron chi connectivity index (χ2n) is 7.57. The van der Waals surface area contributed by atoms with Crippen molar-refractivity contribution in [3.8, 4) is 5.75 Å². The highest BCUT2D eigenvalue weighted by Gasteiger charge is 2.22. The van der Waals surface area contributed by atoms with Crippen LogP contribution in [0.25, 0.3) is 0 Å². The molecule has 0 radical (unpaired) electrons. The molecule has 0 N–H and O–H groups in total. The van der Waals surface area contributed by atoms with E-state index in [2.05, 4.69) is 49.8 Å². The van der Waals surface area contributed by atoms with Gasteiger partial charge in [-0.25, -0.2) is 9.97 Å². The molecule has 2 saturated heterocycles.